The normalized spacial score (nSPS) is 6.38. The molecule has 13 heavy (non-hydrogen) atoms. The van der Waals surface area contributed by atoms with Crippen molar-refractivity contribution in [1.29, 1.82) is 0 Å². The maximum atomic E-state index is 8.55. The first kappa shape index (κ1) is 36.0. The van der Waals surface area contributed by atoms with E-state index in [1.165, 1.54) is 0 Å². The summed E-state index contributed by atoms with van der Waals surface area (Å²) in [6.07, 6.45) is -2.33. The van der Waals surface area contributed by atoms with Crippen molar-refractivity contribution in [2.75, 3.05) is 0 Å². The summed E-state index contributed by atoms with van der Waals surface area (Å²) in [5.41, 5.74) is 0. The summed E-state index contributed by atoms with van der Waals surface area (Å²) in [6.45, 7) is 0. The fourth-order valence-electron chi connectivity index (χ4n) is 0. The number of phosphoric acid groups is 1. The van der Waals surface area contributed by atoms with Crippen LogP contribution in [0.5, 0.6) is 0 Å². The molecule has 0 aliphatic carbocycles. The topological polar surface area (TPSA) is 149 Å². The third kappa shape index (κ3) is 175. The van der Waals surface area contributed by atoms with Gasteiger partial charge in [0.15, 0.2) is 0 Å². The van der Waals surface area contributed by atoms with Gasteiger partial charge in [0, 0.05) is 0 Å². The molecule has 12 heteroatoms. The second-order valence-electron chi connectivity index (χ2n) is 0.697. The minimum atomic E-state index is -5.39. The maximum absolute atomic E-state index is 8.55. The molecular formula is CCa4O7P+3. The molecule has 0 unspecified atom stereocenters. The van der Waals surface area contributed by atoms with E-state index in [4.69, 9.17) is 34.3 Å². The van der Waals surface area contributed by atoms with Crippen molar-refractivity contribution in [2.45, 2.75) is 0 Å². The Bertz CT molecular complexity index is 120. The van der Waals surface area contributed by atoms with E-state index in [2.05, 4.69) is 0 Å². The van der Waals surface area contributed by atoms with Gasteiger partial charge in [0.25, 0.3) is 0 Å². The first-order chi connectivity index (χ1) is 3.73. The molecule has 0 aliphatic heterocycles. The quantitative estimate of drug-likeness (QED) is 0.318. The van der Waals surface area contributed by atoms with Gasteiger partial charge in [-0.05, 0) is 6.16 Å². The van der Waals surface area contributed by atoms with Crippen LogP contribution in [0.15, 0.2) is 0 Å². The summed E-state index contributed by atoms with van der Waals surface area (Å²) in [5, 5.41) is 16.7. The van der Waals surface area contributed by atoms with E-state index in [0.717, 1.165) is 0 Å². The Kier molecular flexibility index (Phi) is 60.1. The predicted octanol–water partition coefficient (Wildman–Crippen LogP) is -6.79. The fourth-order valence-corrected chi connectivity index (χ4v) is 0. The molecule has 0 fully saturated rings. The van der Waals surface area contributed by atoms with Gasteiger partial charge in [-0.2, -0.15) is 7.82 Å². The summed E-state index contributed by atoms with van der Waals surface area (Å²) in [4.78, 5) is 34.0. The van der Waals surface area contributed by atoms with Crippen LogP contribution in [0.1, 0.15) is 0 Å². The van der Waals surface area contributed by atoms with Gasteiger partial charge in [-0.25, -0.2) is 0 Å². The molecule has 0 spiro atoms. The molecule has 0 aromatic rings. The molecule has 0 radical (unpaired) electrons. The Hall–Kier alpha value is 4.42. The predicted molar refractivity (Wildman–Crippen MR) is 36.0 cm³/mol. The first-order valence-corrected chi connectivity index (χ1v) is 2.80. The monoisotopic (exact) mass is 315 g/mol. The molecule has 56 valence electrons. The van der Waals surface area contributed by atoms with E-state index in [9.17, 15) is 0 Å². The number of carbonyl (C=O) groups is 1. The Morgan fingerprint density at radius 2 is 0.846 bits per heavy atom. The minimum absolute atomic E-state index is 0. The van der Waals surface area contributed by atoms with Crippen molar-refractivity contribution in [3.63, 3.8) is 0 Å². The van der Waals surface area contributed by atoms with Crippen molar-refractivity contribution in [2.24, 2.45) is 0 Å². The summed E-state index contributed by atoms with van der Waals surface area (Å²) in [6, 6.07) is 0. The smallest absolute Gasteiger partial charge is 0.822 e. The molecule has 0 aromatic carbocycles. The molecule has 0 amide bonds. The molecule has 0 bridgehead atoms. The summed E-state index contributed by atoms with van der Waals surface area (Å²) in [5.74, 6) is 0. The largest absolute Gasteiger partial charge is 2.00 e. The third-order valence-electron chi connectivity index (χ3n) is 0. The third-order valence-corrected chi connectivity index (χ3v) is 0. The van der Waals surface area contributed by atoms with Crippen LogP contribution in [0.2, 0.25) is 0 Å². The molecule has 0 atom stereocenters. The first-order valence-electron chi connectivity index (χ1n) is 1.34. The zero-order valence-electron chi connectivity index (χ0n) is 6.63. The van der Waals surface area contributed by atoms with Crippen LogP contribution in [-0.2, 0) is 4.57 Å². The van der Waals surface area contributed by atoms with E-state index in [-0.39, 0.29) is 151 Å². The standard InChI is InChI=1S/CH2O3.4Ca.H3O4P/c2-1(3)4;;;;;1-5(2,3)4/h(H2,2,3,4);;;;;(H3,1,2,3,4)/q;4*+2;/p-5. The average molecular weight is 315 g/mol. The Balaban J connectivity index is -0.0000000146. The van der Waals surface area contributed by atoms with Crippen LogP contribution in [-0.4, -0.2) is 157 Å². The van der Waals surface area contributed by atoms with Crippen LogP contribution >= 0.6 is 7.82 Å². The van der Waals surface area contributed by atoms with Crippen LogP contribution in [0.25, 0.3) is 0 Å². The number of carboxylic acid groups (broad SMARTS) is 2. The summed E-state index contributed by atoms with van der Waals surface area (Å²) < 4.78 is 8.55. The van der Waals surface area contributed by atoms with Gasteiger partial charge in [0.2, 0.25) is 0 Å². The van der Waals surface area contributed by atoms with Crippen molar-refractivity contribution in [3.05, 3.63) is 0 Å². The van der Waals surface area contributed by atoms with E-state index >= 15 is 0 Å². The molecule has 0 N–H and O–H groups in total. The van der Waals surface area contributed by atoms with E-state index in [1.54, 1.807) is 0 Å². The molecule has 0 aromatic heterocycles. The van der Waals surface area contributed by atoms with Crippen molar-refractivity contribution >= 4 is 165 Å². The van der Waals surface area contributed by atoms with E-state index in [0.29, 0.717) is 0 Å². The minimum Gasteiger partial charge on any atom is -0.822 e. The second kappa shape index (κ2) is 21.7. The van der Waals surface area contributed by atoms with Crippen LogP contribution in [0.3, 0.4) is 0 Å². The molecule has 0 saturated carbocycles. The van der Waals surface area contributed by atoms with Crippen molar-refractivity contribution in [3.8, 4) is 0 Å². The Labute approximate surface area is 194 Å². The maximum Gasteiger partial charge on any atom is 2.00 e. The van der Waals surface area contributed by atoms with Gasteiger partial charge >= 0.3 is 151 Å². The molecular weight excluding hydrogens is 315 g/mol. The Morgan fingerprint density at radius 3 is 0.846 bits per heavy atom. The summed E-state index contributed by atoms with van der Waals surface area (Å²) in [7, 11) is -5.39. The fraction of sp³-hybridized carbons (Fsp3) is 0. The average Bonchev–Trinajstić information content (AvgIpc) is 1.19. The molecule has 0 saturated heterocycles. The second-order valence-corrected chi connectivity index (χ2v) is 1.59. The van der Waals surface area contributed by atoms with Gasteiger partial charge in [-0.1, -0.05) is 0 Å². The molecule has 7 nitrogen and oxygen atoms in total. The number of hydrogen-bond donors (Lipinski definition) is 0. The summed E-state index contributed by atoms with van der Waals surface area (Å²) >= 11 is 0. The van der Waals surface area contributed by atoms with Crippen LogP contribution in [0.4, 0.5) is 4.79 Å². The van der Waals surface area contributed by atoms with E-state index < -0.39 is 14.0 Å². The number of hydrogen-bond acceptors (Lipinski definition) is 7. The van der Waals surface area contributed by atoms with Gasteiger partial charge < -0.3 is 34.3 Å². The van der Waals surface area contributed by atoms with Crippen LogP contribution in [0, 0.1) is 0 Å². The zero-order chi connectivity index (χ0) is 8.08. The van der Waals surface area contributed by atoms with Crippen LogP contribution < -0.4 is 24.9 Å². The molecule has 0 rings (SSSR count). The van der Waals surface area contributed by atoms with Crippen molar-refractivity contribution < 1.29 is 34.3 Å². The van der Waals surface area contributed by atoms with E-state index in [1.807, 2.05) is 0 Å². The van der Waals surface area contributed by atoms with Crippen molar-refractivity contribution in [1.82, 2.24) is 0 Å². The number of rotatable bonds is 0. The zero-order valence-corrected chi connectivity index (χ0v) is 16.4. The molecule has 0 heterocycles. The van der Waals surface area contributed by atoms with Gasteiger partial charge in [0.05, 0.1) is 0 Å². The van der Waals surface area contributed by atoms with Gasteiger partial charge in [-0.3, -0.25) is 0 Å². The Morgan fingerprint density at radius 1 is 0.846 bits per heavy atom. The van der Waals surface area contributed by atoms with Gasteiger partial charge in [-0.15, -0.1) is 0 Å². The van der Waals surface area contributed by atoms with Gasteiger partial charge in [0.1, 0.15) is 0 Å². The SMILES string of the molecule is O=C([O-])[O-].O=P([O-])([O-])[O-].[Ca+2].[Ca+2].[Ca+2].[Ca+2]. The number of carbonyl (C=O) groups excluding carboxylic acids is 1. The molecule has 0 aliphatic rings.